The summed E-state index contributed by atoms with van der Waals surface area (Å²) >= 11 is 6.03. The first-order valence-corrected chi connectivity index (χ1v) is 12.0. The molecule has 2 aromatic rings. The second kappa shape index (κ2) is 12.6. The van der Waals surface area contributed by atoms with E-state index < -0.39 is 6.04 Å². The van der Waals surface area contributed by atoms with E-state index in [1.807, 2.05) is 31.2 Å². The number of hydrogen-bond donors (Lipinski definition) is 1. The zero-order valence-corrected chi connectivity index (χ0v) is 20.8. The summed E-state index contributed by atoms with van der Waals surface area (Å²) in [5.74, 6) is 0.727. The van der Waals surface area contributed by atoms with Gasteiger partial charge in [0.25, 0.3) is 0 Å². The smallest absolute Gasteiger partial charge is 0.242 e. The molecule has 0 aliphatic carbocycles. The van der Waals surface area contributed by atoms with Crippen molar-refractivity contribution in [1.82, 2.24) is 10.2 Å². The van der Waals surface area contributed by atoms with Crippen molar-refractivity contribution in [3.05, 3.63) is 70.2 Å². The number of aryl methyl sites for hydroxylation is 1. The Morgan fingerprint density at radius 2 is 1.53 bits per heavy atom. The minimum atomic E-state index is -0.500. The van der Waals surface area contributed by atoms with Gasteiger partial charge in [-0.15, -0.1) is 0 Å². The van der Waals surface area contributed by atoms with Crippen molar-refractivity contribution in [2.45, 2.75) is 72.4 Å². The van der Waals surface area contributed by atoms with Crippen LogP contribution in [-0.2, 0) is 22.6 Å². The number of hydrogen-bond acceptors (Lipinski definition) is 2. The van der Waals surface area contributed by atoms with E-state index in [2.05, 4.69) is 57.3 Å². The highest BCUT2D eigenvalue weighted by molar-refractivity contribution is 6.30. The van der Waals surface area contributed by atoms with Gasteiger partial charge in [0.2, 0.25) is 11.8 Å². The summed E-state index contributed by atoms with van der Waals surface area (Å²) in [6.07, 6.45) is 1.58. The highest BCUT2D eigenvalue weighted by Gasteiger charge is 2.28. The van der Waals surface area contributed by atoms with Gasteiger partial charge >= 0.3 is 0 Å². The lowest BCUT2D eigenvalue weighted by molar-refractivity contribution is -0.141. The van der Waals surface area contributed by atoms with Crippen LogP contribution in [0.1, 0.15) is 70.1 Å². The Kier molecular flexibility index (Phi) is 10.2. The topological polar surface area (TPSA) is 49.4 Å². The van der Waals surface area contributed by atoms with Gasteiger partial charge in [-0.2, -0.15) is 0 Å². The summed E-state index contributed by atoms with van der Waals surface area (Å²) < 4.78 is 0. The molecule has 0 radical (unpaired) electrons. The van der Waals surface area contributed by atoms with Crippen molar-refractivity contribution in [1.29, 1.82) is 0 Å². The van der Waals surface area contributed by atoms with Crippen LogP contribution in [0.4, 0.5) is 0 Å². The number of halogens is 1. The molecule has 0 bridgehead atoms. The lowest BCUT2D eigenvalue weighted by Crippen LogP contribution is -2.49. The van der Waals surface area contributed by atoms with Gasteiger partial charge in [0.15, 0.2) is 0 Å². The fourth-order valence-corrected chi connectivity index (χ4v) is 3.72. The summed E-state index contributed by atoms with van der Waals surface area (Å²) in [6, 6.07) is 15.4. The number of nitrogens with zero attached hydrogens (tertiary/aromatic N) is 1. The summed E-state index contributed by atoms with van der Waals surface area (Å²) in [5.41, 5.74) is 3.38. The molecule has 0 saturated carbocycles. The predicted octanol–water partition coefficient (Wildman–Crippen LogP) is 5.98. The summed E-state index contributed by atoms with van der Waals surface area (Å²) in [5, 5.41) is 3.65. The van der Waals surface area contributed by atoms with Crippen molar-refractivity contribution in [3.63, 3.8) is 0 Å². The van der Waals surface area contributed by atoms with Crippen LogP contribution in [0, 0.1) is 5.92 Å². The molecule has 0 heterocycles. The molecule has 1 N–H and O–H groups in total. The largest absolute Gasteiger partial charge is 0.354 e. The maximum absolute atomic E-state index is 13.3. The number of carbonyl (C=O) groups excluding carboxylic acids is 2. The van der Waals surface area contributed by atoms with Gasteiger partial charge in [0.1, 0.15) is 6.04 Å². The molecule has 0 aliphatic rings. The van der Waals surface area contributed by atoms with Crippen molar-refractivity contribution < 1.29 is 9.59 Å². The molecule has 5 heteroatoms. The van der Waals surface area contributed by atoms with Gasteiger partial charge in [-0.3, -0.25) is 9.59 Å². The standard InChI is InChI=1S/C27H37ClN2O2/c1-6-25(27(32)29-17-19(2)3)30(18-22-9-14-24(28)15-10-22)26(31)16-11-21-7-12-23(13-8-21)20(4)5/h7-10,12-15,19-20,25H,6,11,16-18H2,1-5H3,(H,29,32)/t25-/m0/s1. The minimum Gasteiger partial charge on any atom is -0.354 e. The van der Waals surface area contributed by atoms with E-state index in [1.165, 1.54) is 5.56 Å². The van der Waals surface area contributed by atoms with E-state index in [0.717, 1.165) is 11.1 Å². The number of carbonyl (C=O) groups is 2. The maximum Gasteiger partial charge on any atom is 0.242 e. The lowest BCUT2D eigenvalue weighted by atomic mass is 10.00. The molecular weight excluding hydrogens is 420 g/mol. The number of nitrogens with one attached hydrogen (secondary N) is 1. The second-order valence-corrected chi connectivity index (χ2v) is 9.54. The Labute approximate surface area is 198 Å². The number of amides is 2. The SMILES string of the molecule is CC[C@@H](C(=O)NCC(C)C)N(Cc1ccc(Cl)cc1)C(=O)CCc1ccc(C(C)C)cc1. The first-order chi connectivity index (χ1) is 15.2. The van der Waals surface area contributed by atoms with Crippen LogP contribution in [0.25, 0.3) is 0 Å². The molecule has 1 atom stereocenters. The third kappa shape index (κ3) is 7.98. The Bertz CT molecular complexity index is 860. The molecule has 2 amide bonds. The highest BCUT2D eigenvalue weighted by Crippen LogP contribution is 2.19. The zero-order chi connectivity index (χ0) is 23.7. The maximum atomic E-state index is 13.3. The zero-order valence-electron chi connectivity index (χ0n) is 20.0. The molecule has 0 saturated heterocycles. The van der Waals surface area contributed by atoms with E-state index in [4.69, 9.17) is 11.6 Å². The van der Waals surface area contributed by atoms with Crippen LogP contribution < -0.4 is 5.32 Å². The van der Waals surface area contributed by atoms with Crippen molar-refractivity contribution in [3.8, 4) is 0 Å². The van der Waals surface area contributed by atoms with Gasteiger partial charge in [-0.25, -0.2) is 0 Å². The van der Waals surface area contributed by atoms with Crippen LogP contribution in [-0.4, -0.2) is 29.3 Å². The molecule has 32 heavy (non-hydrogen) atoms. The molecular formula is C27H37ClN2O2. The van der Waals surface area contributed by atoms with Crippen LogP contribution >= 0.6 is 11.6 Å². The van der Waals surface area contributed by atoms with E-state index in [1.54, 1.807) is 4.90 Å². The van der Waals surface area contributed by atoms with Gasteiger partial charge in [0.05, 0.1) is 0 Å². The van der Waals surface area contributed by atoms with E-state index >= 15 is 0 Å². The Balaban J connectivity index is 2.16. The molecule has 174 valence electrons. The molecule has 0 fully saturated rings. The third-order valence-corrected chi connectivity index (χ3v) is 5.86. The summed E-state index contributed by atoms with van der Waals surface area (Å²) in [4.78, 5) is 28.0. The van der Waals surface area contributed by atoms with Crippen LogP contribution in [0.2, 0.25) is 5.02 Å². The predicted molar refractivity (Wildman–Crippen MR) is 133 cm³/mol. The minimum absolute atomic E-state index is 0.0144. The van der Waals surface area contributed by atoms with E-state index in [0.29, 0.717) is 49.2 Å². The average molecular weight is 457 g/mol. The van der Waals surface area contributed by atoms with Gasteiger partial charge < -0.3 is 10.2 Å². The number of benzene rings is 2. The molecule has 2 rings (SSSR count). The van der Waals surface area contributed by atoms with E-state index in [9.17, 15) is 9.59 Å². The third-order valence-electron chi connectivity index (χ3n) is 5.61. The van der Waals surface area contributed by atoms with Crippen LogP contribution in [0.3, 0.4) is 0 Å². The Morgan fingerprint density at radius 1 is 0.938 bits per heavy atom. The fraction of sp³-hybridized carbons (Fsp3) is 0.481. The molecule has 0 aromatic heterocycles. The normalized spacial score (nSPS) is 12.1. The molecule has 0 aliphatic heterocycles. The van der Waals surface area contributed by atoms with Crippen molar-refractivity contribution in [2.24, 2.45) is 5.92 Å². The fourth-order valence-electron chi connectivity index (χ4n) is 3.59. The molecule has 0 unspecified atom stereocenters. The first-order valence-electron chi connectivity index (χ1n) is 11.6. The second-order valence-electron chi connectivity index (χ2n) is 9.11. The van der Waals surface area contributed by atoms with Crippen LogP contribution in [0.5, 0.6) is 0 Å². The van der Waals surface area contributed by atoms with Gasteiger partial charge in [-0.05, 0) is 53.5 Å². The van der Waals surface area contributed by atoms with Crippen molar-refractivity contribution in [2.75, 3.05) is 6.54 Å². The Hall–Kier alpha value is -2.33. The van der Waals surface area contributed by atoms with Gasteiger partial charge in [0, 0.05) is 24.5 Å². The quantitative estimate of drug-likeness (QED) is 0.452. The highest BCUT2D eigenvalue weighted by atomic mass is 35.5. The van der Waals surface area contributed by atoms with Gasteiger partial charge in [-0.1, -0.05) is 82.6 Å². The van der Waals surface area contributed by atoms with Crippen molar-refractivity contribution >= 4 is 23.4 Å². The monoisotopic (exact) mass is 456 g/mol. The number of rotatable bonds is 11. The molecule has 0 spiro atoms. The molecule has 4 nitrogen and oxygen atoms in total. The Morgan fingerprint density at radius 3 is 2.06 bits per heavy atom. The lowest BCUT2D eigenvalue weighted by Gasteiger charge is -2.31. The van der Waals surface area contributed by atoms with E-state index in [-0.39, 0.29) is 11.8 Å². The molecule has 2 aromatic carbocycles. The average Bonchev–Trinajstić information content (AvgIpc) is 2.77. The van der Waals surface area contributed by atoms with Crippen LogP contribution in [0.15, 0.2) is 48.5 Å². The summed E-state index contributed by atoms with van der Waals surface area (Å²) in [7, 11) is 0. The summed E-state index contributed by atoms with van der Waals surface area (Å²) in [6.45, 7) is 11.4. The first kappa shape index (κ1) is 25.9.